The van der Waals surface area contributed by atoms with Crippen molar-refractivity contribution in [3.05, 3.63) is 30.1 Å². The minimum absolute atomic E-state index is 0.0149. The van der Waals surface area contributed by atoms with Crippen molar-refractivity contribution in [3.63, 3.8) is 0 Å². The molecule has 1 saturated heterocycles. The van der Waals surface area contributed by atoms with Crippen LogP contribution in [0.25, 0.3) is 5.69 Å². The molecule has 1 aliphatic heterocycles. The number of hydrogen-bond acceptors (Lipinski definition) is 5. The average Bonchev–Trinajstić information content (AvgIpc) is 3.12. The lowest BCUT2D eigenvalue weighted by Crippen LogP contribution is -2.32. The van der Waals surface area contributed by atoms with Crippen LogP contribution in [0.3, 0.4) is 0 Å². The Bertz CT molecular complexity index is 639. The van der Waals surface area contributed by atoms with Crippen molar-refractivity contribution in [1.29, 1.82) is 0 Å². The van der Waals surface area contributed by atoms with Crippen LogP contribution in [0, 0.1) is 12.8 Å². The first-order valence-corrected chi connectivity index (χ1v) is 7.03. The number of benzene rings is 1. The van der Waals surface area contributed by atoms with E-state index >= 15 is 0 Å². The highest BCUT2D eigenvalue weighted by Crippen LogP contribution is 2.22. The summed E-state index contributed by atoms with van der Waals surface area (Å²) in [5, 5.41) is 17.4. The summed E-state index contributed by atoms with van der Waals surface area (Å²) in [6, 6.07) is 5.97. The van der Waals surface area contributed by atoms with E-state index < -0.39 is 0 Å². The molecule has 2 atom stereocenters. The Labute approximate surface area is 122 Å². The molecular formula is C14H18N6O. The van der Waals surface area contributed by atoms with Crippen molar-refractivity contribution in [1.82, 2.24) is 25.5 Å². The number of carbonyl (C=O) groups excluding carboxylic acids is 1. The maximum absolute atomic E-state index is 12.4. The number of amides is 1. The molecule has 1 aromatic carbocycles. The molecule has 1 fully saturated rings. The van der Waals surface area contributed by atoms with Crippen LogP contribution in [0.15, 0.2) is 24.5 Å². The van der Waals surface area contributed by atoms with E-state index in [1.54, 1.807) is 4.68 Å². The second-order valence-electron chi connectivity index (χ2n) is 5.38. The molecule has 7 nitrogen and oxygen atoms in total. The van der Waals surface area contributed by atoms with Gasteiger partial charge in [0.1, 0.15) is 6.33 Å². The van der Waals surface area contributed by atoms with Crippen molar-refractivity contribution in [3.8, 4) is 5.69 Å². The van der Waals surface area contributed by atoms with Crippen LogP contribution in [-0.4, -0.2) is 38.7 Å². The van der Waals surface area contributed by atoms with Crippen LogP contribution in [-0.2, 0) is 4.79 Å². The third-order valence-corrected chi connectivity index (χ3v) is 3.95. The van der Waals surface area contributed by atoms with Crippen molar-refractivity contribution < 1.29 is 4.79 Å². The van der Waals surface area contributed by atoms with Crippen LogP contribution in [0.4, 0.5) is 5.69 Å². The zero-order chi connectivity index (χ0) is 14.8. The number of nitrogens with one attached hydrogen (secondary N) is 2. The molecule has 1 amide bonds. The van der Waals surface area contributed by atoms with Gasteiger partial charge < -0.3 is 10.6 Å². The first-order valence-electron chi connectivity index (χ1n) is 7.03. The molecular weight excluding hydrogens is 268 g/mol. The zero-order valence-electron chi connectivity index (χ0n) is 12.1. The minimum atomic E-state index is 0.0149. The zero-order valence-corrected chi connectivity index (χ0v) is 12.1. The molecule has 0 spiro atoms. The fourth-order valence-electron chi connectivity index (χ4n) is 2.61. The molecule has 110 valence electrons. The van der Waals surface area contributed by atoms with E-state index in [1.165, 1.54) is 6.33 Å². The molecule has 3 rings (SSSR count). The van der Waals surface area contributed by atoms with Crippen LogP contribution in [0.1, 0.15) is 18.9 Å². The summed E-state index contributed by atoms with van der Waals surface area (Å²) in [5.41, 5.74) is 2.63. The molecule has 1 aromatic heterocycles. The second kappa shape index (κ2) is 5.61. The minimum Gasteiger partial charge on any atom is -0.325 e. The fourth-order valence-corrected chi connectivity index (χ4v) is 2.61. The Balaban J connectivity index is 1.81. The number of aryl methyl sites for hydroxylation is 1. The standard InChI is InChI=1S/C14H18N6O/c1-9-3-4-11(20-8-16-18-19-20)7-13(9)17-14(21)12-5-6-15-10(12)2/h3-4,7-8,10,12,15H,5-6H2,1-2H3,(H,17,21). The van der Waals surface area contributed by atoms with Crippen molar-refractivity contribution >= 4 is 11.6 Å². The smallest absolute Gasteiger partial charge is 0.229 e. The largest absolute Gasteiger partial charge is 0.325 e. The van der Waals surface area contributed by atoms with Gasteiger partial charge in [0.05, 0.1) is 11.6 Å². The molecule has 2 heterocycles. The number of anilines is 1. The first-order chi connectivity index (χ1) is 10.1. The van der Waals surface area contributed by atoms with Gasteiger partial charge in [-0.25, -0.2) is 4.68 Å². The Morgan fingerprint density at radius 2 is 2.33 bits per heavy atom. The third kappa shape index (κ3) is 2.78. The maximum Gasteiger partial charge on any atom is 0.229 e. The van der Waals surface area contributed by atoms with Gasteiger partial charge in [-0.05, 0) is 54.9 Å². The number of rotatable bonds is 3. The second-order valence-corrected chi connectivity index (χ2v) is 5.38. The summed E-state index contributed by atoms with van der Waals surface area (Å²) < 4.78 is 1.56. The Morgan fingerprint density at radius 1 is 1.48 bits per heavy atom. The first kappa shape index (κ1) is 13.7. The van der Waals surface area contributed by atoms with Gasteiger partial charge in [-0.15, -0.1) is 5.10 Å². The summed E-state index contributed by atoms with van der Waals surface area (Å²) in [7, 11) is 0. The van der Waals surface area contributed by atoms with E-state index in [9.17, 15) is 4.79 Å². The van der Waals surface area contributed by atoms with Crippen molar-refractivity contribution in [2.24, 2.45) is 5.92 Å². The SMILES string of the molecule is Cc1ccc(-n2cnnn2)cc1NC(=O)C1CCNC1C. The van der Waals surface area contributed by atoms with E-state index in [-0.39, 0.29) is 17.9 Å². The number of tetrazole rings is 1. The van der Waals surface area contributed by atoms with Gasteiger partial charge in [0.2, 0.25) is 5.91 Å². The van der Waals surface area contributed by atoms with Gasteiger partial charge in [0, 0.05) is 11.7 Å². The quantitative estimate of drug-likeness (QED) is 0.876. The van der Waals surface area contributed by atoms with Crippen molar-refractivity contribution in [2.75, 3.05) is 11.9 Å². The molecule has 21 heavy (non-hydrogen) atoms. The summed E-state index contributed by atoms with van der Waals surface area (Å²) in [5.74, 6) is 0.0746. The van der Waals surface area contributed by atoms with Gasteiger partial charge in [0.15, 0.2) is 0 Å². The van der Waals surface area contributed by atoms with E-state index in [1.807, 2.05) is 32.0 Å². The van der Waals surface area contributed by atoms with Gasteiger partial charge >= 0.3 is 0 Å². The van der Waals surface area contributed by atoms with E-state index in [0.717, 1.165) is 29.9 Å². The molecule has 7 heteroatoms. The summed E-state index contributed by atoms with van der Waals surface area (Å²) in [6.07, 6.45) is 2.40. The van der Waals surface area contributed by atoms with E-state index in [2.05, 4.69) is 26.2 Å². The molecule has 2 unspecified atom stereocenters. The summed E-state index contributed by atoms with van der Waals surface area (Å²) in [6.45, 7) is 4.90. The Hall–Kier alpha value is -2.28. The predicted molar refractivity (Wildman–Crippen MR) is 78.1 cm³/mol. The number of aromatic nitrogens is 4. The van der Waals surface area contributed by atoms with Crippen LogP contribution >= 0.6 is 0 Å². The number of hydrogen-bond donors (Lipinski definition) is 2. The molecule has 0 bridgehead atoms. The highest BCUT2D eigenvalue weighted by atomic mass is 16.2. The average molecular weight is 286 g/mol. The Morgan fingerprint density at radius 3 is 3.00 bits per heavy atom. The third-order valence-electron chi connectivity index (χ3n) is 3.95. The number of carbonyl (C=O) groups is 1. The lowest BCUT2D eigenvalue weighted by Gasteiger charge is -2.16. The fraction of sp³-hybridized carbons (Fsp3) is 0.429. The molecule has 0 saturated carbocycles. The Kier molecular flexibility index (Phi) is 3.66. The van der Waals surface area contributed by atoms with Gasteiger partial charge in [-0.3, -0.25) is 4.79 Å². The maximum atomic E-state index is 12.4. The highest BCUT2D eigenvalue weighted by molar-refractivity contribution is 5.94. The van der Waals surface area contributed by atoms with Crippen LogP contribution in [0.2, 0.25) is 0 Å². The highest BCUT2D eigenvalue weighted by Gasteiger charge is 2.29. The molecule has 0 aliphatic carbocycles. The van der Waals surface area contributed by atoms with Gasteiger partial charge in [-0.2, -0.15) is 0 Å². The summed E-state index contributed by atoms with van der Waals surface area (Å²) >= 11 is 0. The molecule has 1 aliphatic rings. The topological polar surface area (TPSA) is 84.7 Å². The number of nitrogens with zero attached hydrogens (tertiary/aromatic N) is 4. The van der Waals surface area contributed by atoms with Crippen LogP contribution in [0.5, 0.6) is 0 Å². The molecule has 0 radical (unpaired) electrons. The van der Waals surface area contributed by atoms with Gasteiger partial charge in [-0.1, -0.05) is 6.07 Å². The van der Waals surface area contributed by atoms with Gasteiger partial charge in [0.25, 0.3) is 0 Å². The van der Waals surface area contributed by atoms with E-state index in [0.29, 0.717) is 0 Å². The van der Waals surface area contributed by atoms with Crippen molar-refractivity contribution in [2.45, 2.75) is 26.3 Å². The van der Waals surface area contributed by atoms with E-state index in [4.69, 9.17) is 0 Å². The monoisotopic (exact) mass is 286 g/mol. The lowest BCUT2D eigenvalue weighted by atomic mass is 10.0. The predicted octanol–water partition coefficient (Wildman–Crippen LogP) is 0.907. The van der Waals surface area contributed by atoms with Crippen LogP contribution < -0.4 is 10.6 Å². The molecule has 2 N–H and O–H groups in total. The normalized spacial score (nSPS) is 21.4. The lowest BCUT2D eigenvalue weighted by molar-refractivity contribution is -0.120. The molecule has 2 aromatic rings. The summed E-state index contributed by atoms with van der Waals surface area (Å²) in [4.78, 5) is 12.4.